The molecular formula is C29H37N9O2. The number of nitrogens with zero attached hydrogens (tertiary/aromatic N) is 5. The summed E-state index contributed by atoms with van der Waals surface area (Å²) in [5.74, 6) is 0.495. The minimum atomic E-state index is -0.572. The van der Waals surface area contributed by atoms with Crippen molar-refractivity contribution in [1.29, 1.82) is 0 Å². The number of aromatic nitrogens is 2. The second-order valence-electron chi connectivity index (χ2n) is 10.2. The van der Waals surface area contributed by atoms with E-state index in [9.17, 15) is 9.59 Å². The Hall–Kier alpha value is -4.06. The standard InChI is InChI=1S/C29H37N9O2/c1-21(30)28(40)33-23-4-2-22(3-5-23)26-10-11-32-29(35-26)34-24-6-8-25(9-7-24)37-16-18-38(19-17-37)27(39)20-36-14-12-31-13-15-36/h2-11,21,31H,12-20,30H2,1H3,(H,33,40)(H,32,34,35). The van der Waals surface area contributed by atoms with Gasteiger partial charge < -0.3 is 31.5 Å². The van der Waals surface area contributed by atoms with Crippen LogP contribution in [0.4, 0.5) is 23.0 Å². The normalized spacial score (nSPS) is 16.9. The molecule has 0 radical (unpaired) electrons. The van der Waals surface area contributed by atoms with Crippen molar-refractivity contribution in [1.82, 2.24) is 25.1 Å². The predicted octanol–water partition coefficient (Wildman–Crippen LogP) is 1.73. The van der Waals surface area contributed by atoms with E-state index in [0.717, 1.165) is 75.0 Å². The number of carbonyl (C=O) groups excluding carboxylic acids is 2. The number of anilines is 4. The Morgan fingerprint density at radius 1 is 0.925 bits per heavy atom. The molecule has 2 aliphatic heterocycles. The van der Waals surface area contributed by atoms with Crippen molar-refractivity contribution in [3.05, 3.63) is 60.8 Å². The summed E-state index contributed by atoms with van der Waals surface area (Å²) < 4.78 is 0. The van der Waals surface area contributed by atoms with E-state index in [1.165, 1.54) is 0 Å². The number of nitrogens with two attached hydrogens (primary N) is 1. The van der Waals surface area contributed by atoms with E-state index in [4.69, 9.17) is 5.73 Å². The quantitative estimate of drug-likeness (QED) is 0.335. The Morgan fingerprint density at radius 2 is 1.60 bits per heavy atom. The first-order valence-electron chi connectivity index (χ1n) is 13.8. The van der Waals surface area contributed by atoms with E-state index in [-0.39, 0.29) is 11.8 Å². The molecule has 5 rings (SSSR count). The number of carbonyl (C=O) groups is 2. The van der Waals surface area contributed by atoms with Crippen molar-refractivity contribution in [2.75, 3.05) is 74.4 Å². The molecule has 5 N–H and O–H groups in total. The Bertz CT molecular complexity index is 1280. The molecule has 210 valence electrons. The Kier molecular flexibility index (Phi) is 8.84. The average molecular weight is 544 g/mol. The maximum Gasteiger partial charge on any atom is 0.240 e. The van der Waals surface area contributed by atoms with Crippen LogP contribution >= 0.6 is 0 Å². The SMILES string of the molecule is CC(N)C(=O)Nc1ccc(-c2ccnc(Nc3ccc(N4CCN(C(=O)CN5CCNCC5)CC4)cc3)n2)cc1. The van der Waals surface area contributed by atoms with Crippen LogP contribution in [0.1, 0.15) is 6.92 Å². The number of piperazine rings is 2. The van der Waals surface area contributed by atoms with Gasteiger partial charge in [0.25, 0.3) is 0 Å². The van der Waals surface area contributed by atoms with Crippen molar-refractivity contribution in [3.63, 3.8) is 0 Å². The zero-order valence-electron chi connectivity index (χ0n) is 22.8. The molecule has 0 spiro atoms. The van der Waals surface area contributed by atoms with Crippen LogP contribution in [0.2, 0.25) is 0 Å². The molecule has 3 aromatic rings. The van der Waals surface area contributed by atoms with Crippen LogP contribution in [0.5, 0.6) is 0 Å². The molecule has 3 heterocycles. The van der Waals surface area contributed by atoms with Gasteiger partial charge in [-0.05, 0) is 49.4 Å². The Balaban J connectivity index is 1.13. The van der Waals surface area contributed by atoms with Gasteiger partial charge in [0.1, 0.15) is 0 Å². The fourth-order valence-electron chi connectivity index (χ4n) is 4.82. The molecule has 11 nitrogen and oxygen atoms in total. The Labute approximate surface area is 234 Å². The maximum atomic E-state index is 12.7. The average Bonchev–Trinajstić information content (AvgIpc) is 2.98. The second kappa shape index (κ2) is 12.9. The number of amides is 2. The highest BCUT2D eigenvalue weighted by Gasteiger charge is 2.23. The summed E-state index contributed by atoms with van der Waals surface area (Å²) in [7, 11) is 0. The third-order valence-corrected chi connectivity index (χ3v) is 7.21. The zero-order valence-corrected chi connectivity index (χ0v) is 22.8. The molecule has 1 atom stereocenters. The predicted molar refractivity (Wildman–Crippen MR) is 158 cm³/mol. The highest BCUT2D eigenvalue weighted by atomic mass is 16.2. The molecule has 0 aliphatic carbocycles. The van der Waals surface area contributed by atoms with Gasteiger partial charge in [0.05, 0.1) is 18.3 Å². The van der Waals surface area contributed by atoms with Crippen LogP contribution in [0, 0.1) is 0 Å². The summed E-state index contributed by atoms with van der Waals surface area (Å²) in [5, 5.41) is 9.39. The first-order valence-corrected chi connectivity index (χ1v) is 13.8. The van der Waals surface area contributed by atoms with E-state index < -0.39 is 6.04 Å². The summed E-state index contributed by atoms with van der Waals surface area (Å²) >= 11 is 0. The molecule has 11 heteroatoms. The lowest BCUT2D eigenvalue weighted by atomic mass is 10.1. The van der Waals surface area contributed by atoms with E-state index >= 15 is 0 Å². The number of nitrogens with one attached hydrogen (secondary N) is 3. The monoisotopic (exact) mass is 543 g/mol. The van der Waals surface area contributed by atoms with E-state index in [2.05, 4.69) is 47.9 Å². The van der Waals surface area contributed by atoms with Crippen molar-refractivity contribution >= 4 is 34.8 Å². The van der Waals surface area contributed by atoms with Crippen LogP contribution < -0.4 is 26.6 Å². The minimum absolute atomic E-state index is 0.229. The van der Waals surface area contributed by atoms with Crippen LogP contribution in [-0.4, -0.2) is 96.5 Å². The van der Waals surface area contributed by atoms with Gasteiger partial charge in [-0.25, -0.2) is 9.97 Å². The molecule has 1 aromatic heterocycles. The van der Waals surface area contributed by atoms with Crippen LogP contribution in [0.25, 0.3) is 11.3 Å². The molecule has 2 aromatic carbocycles. The third kappa shape index (κ3) is 7.12. The lowest BCUT2D eigenvalue weighted by Gasteiger charge is -2.37. The molecule has 1 unspecified atom stereocenters. The van der Waals surface area contributed by atoms with E-state index in [0.29, 0.717) is 18.2 Å². The largest absolute Gasteiger partial charge is 0.368 e. The van der Waals surface area contributed by atoms with Crippen molar-refractivity contribution < 1.29 is 9.59 Å². The molecule has 0 saturated carbocycles. The van der Waals surface area contributed by atoms with Gasteiger partial charge in [0, 0.05) is 81.2 Å². The first-order chi connectivity index (χ1) is 19.4. The van der Waals surface area contributed by atoms with Gasteiger partial charge in [-0.2, -0.15) is 0 Å². The zero-order chi connectivity index (χ0) is 27.9. The summed E-state index contributed by atoms with van der Waals surface area (Å²) in [5.41, 5.74) is 9.99. The first kappa shape index (κ1) is 27.5. The third-order valence-electron chi connectivity index (χ3n) is 7.21. The topological polar surface area (TPSA) is 132 Å². The highest BCUT2D eigenvalue weighted by molar-refractivity contribution is 5.94. The van der Waals surface area contributed by atoms with Crippen molar-refractivity contribution in [2.24, 2.45) is 5.73 Å². The van der Waals surface area contributed by atoms with Gasteiger partial charge in [-0.1, -0.05) is 12.1 Å². The fraction of sp³-hybridized carbons (Fsp3) is 0.379. The molecule has 2 amide bonds. The number of benzene rings is 2. The summed E-state index contributed by atoms with van der Waals surface area (Å²) in [6.07, 6.45) is 1.72. The second-order valence-corrected chi connectivity index (χ2v) is 10.2. The van der Waals surface area contributed by atoms with Gasteiger partial charge in [-0.15, -0.1) is 0 Å². The van der Waals surface area contributed by atoms with E-state index in [1.54, 1.807) is 13.1 Å². The van der Waals surface area contributed by atoms with Crippen LogP contribution in [0.3, 0.4) is 0 Å². The van der Waals surface area contributed by atoms with Gasteiger partial charge in [0.2, 0.25) is 17.8 Å². The van der Waals surface area contributed by atoms with Crippen molar-refractivity contribution in [3.8, 4) is 11.3 Å². The van der Waals surface area contributed by atoms with Gasteiger partial charge >= 0.3 is 0 Å². The fourth-order valence-corrected chi connectivity index (χ4v) is 4.82. The molecular weight excluding hydrogens is 506 g/mol. The number of hydrogen-bond donors (Lipinski definition) is 4. The molecule has 2 aliphatic rings. The molecule has 0 bridgehead atoms. The van der Waals surface area contributed by atoms with Crippen LogP contribution in [0.15, 0.2) is 60.8 Å². The summed E-state index contributed by atoms with van der Waals surface area (Å²) in [4.78, 5) is 40.1. The van der Waals surface area contributed by atoms with Gasteiger partial charge in [-0.3, -0.25) is 14.5 Å². The number of rotatable bonds is 8. The lowest BCUT2D eigenvalue weighted by molar-refractivity contribution is -0.132. The van der Waals surface area contributed by atoms with E-state index in [1.807, 2.05) is 47.4 Å². The molecule has 2 fully saturated rings. The smallest absolute Gasteiger partial charge is 0.240 e. The lowest BCUT2D eigenvalue weighted by Crippen LogP contribution is -2.53. The Morgan fingerprint density at radius 3 is 2.27 bits per heavy atom. The van der Waals surface area contributed by atoms with Crippen molar-refractivity contribution in [2.45, 2.75) is 13.0 Å². The maximum absolute atomic E-state index is 12.7. The molecule has 2 saturated heterocycles. The highest BCUT2D eigenvalue weighted by Crippen LogP contribution is 2.24. The number of hydrogen-bond acceptors (Lipinski definition) is 9. The molecule has 40 heavy (non-hydrogen) atoms. The minimum Gasteiger partial charge on any atom is -0.368 e. The van der Waals surface area contributed by atoms with Gasteiger partial charge in [0.15, 0.2) is 0 Å². The van der Waals surface area contributed by atoms with Crippen LogP contribution in [-0.2, 0) is 9.59 Å². The summed E-state index contributed by atoms with van der Waals surface area (Å²) in [6.45, 7) is 9.06. The summed E-state index contributed by atoms with van der Waals surface area (Å²) in [6, 6.07) is 16.9.